The highest BCUT2D eigenvalue weighted by molar-refractivity contribution is 5.91. The number of hydrogen-bond acceptors (Lipinski definition) is 5. The van der Waals surface area contributed by atoms with Crippen LogP contribution in [0.15, 0.2) is 11.1 Å². The number of carbonyl (C=O) groups excluding carboxylic acids is 2. The first kappa shape index (κ1) is 19.7. The van der Waals surface area contributed by atoms with E-state index in [0.29, 0.717) is 12.3 Å². The van der Waals surface area contributed by atoms with Gasteiger partial charge in [0.05, 0.1) is 12.2 Å². The molecule has 4 fully saturated rings. The predicted octanol–water partition coefficient (Wildman–Crippen LogP) is 3.72. The van der Waals surface area contributed by atoms with Crippen LogP contribution in [0.3, 0.4) is 0 Å². The highest BCUT2D eigenvalue weighted by Crippen LogP contribution is 2.73. The summed E-state index contributed by atoms with van der Waals surface area (Å²) in [5.41, 5.74) is 1.69. The molecule has 160 valence electrons. The summed E-state index contributed by atoms with van der Waals surface area (Å²) >= 11 is 0. The van der Waals surface area contributed by atoms with Crippen LogP contribution in [-0.4, -0.2) is 40.8 Å². The van der Waals surface area contributed by atoms with Crippen LogP contribution in [0, 0.1) is 22.2 Å². The molecule has 0 spiro atoms. The highest BCUT2D eigenvalue weighted by atomic mass is 16.6. The van der Waals surface area contributed by atoms with Crippen molar-refractivity contribution in [3.63, 3.8) is 0 Å². The summed E-state index contributed by atoms with van der Waals surface area (Å²) < 4.78 is 11.6. The normalized spacial score (nSPS) is 52.8. The monoisotopic (exact) mass is 402 g/mol. The maximum atomic E-state index is 12.5. The van der Waals surface area contributed by atoms with Gasteiger partial charge in [-0.25, -0.2) is 0 Å². The standard InChI is InChI=1S/C24H34O5/c1-13(25)24-20(29-24)11-18-16-10-19(27)23(5)12-15(28-14(2)26)6-8-21(23,3)17(16)7-9-22(18,24)4/h15,17,19-20,27H,6-12H2,1-5H3/t15-,17-,19+,20+,21+,22-,23-,24+/m0/s1. The van der Waals surface area contributed by atoms with Crippen LogP contribution < -0.4 is 0 Å². The lowest BCUT2D eigenvalue weighted by Gasteiger charge is -2.63. The van der Waals surface area contributed by atoms with Gasteiger partial charge in [-0.15, -0.1) is 0 Å². The van der Waals surface area contributed by atoms with Crippen molar-refractivity contribution in [2.75, 3.05) is 0 Å². The van der Waals surface area contributed by atoms with Gasteiger partial charge in [0.2, 0.25) is 0 Å². The molecular weight excluding hydrogens is 368 g/mol. The summed E-state index contributed by atoms with van der Waals surface area (Å²) in [5.74, 6) is 0.357. The van der Waals surface area contributed by atoms with Gasteiger partial charge in [0.25, 0.3) is 0 Å². The minimum absolute atomic E-state index is 0.0258. The molecule has 0 aromatic heterocycles. The predicted molar refractivity (Wildman–Crippen MR) is 107 cm³/mol. The molecule has 1 heterocycles. The fraction of sp³-hybridized carbons (Fsp3) is 0.833. The zero-order chi connectivity index (χ0) is 21.0. The van der Waals surface area contributed by atoms with Crippen molar-refractivity contribution in [2.24, 2.45) is 22.2 Å². The van der Waals surface area contributed by atoms with Crippen LogP contribution in [0.4, 0.5) is 0 Å². The minimum atomic E-state index is -0.611. The Morgan fingerprint density at radius 3 is 2.45 bits per heavy atom. The van der Waals surface area contributed by atoms with Gasteiger partial charge in [0, 0.05) is 17.8 Å². The van der Waals surface area contributed by atoms with E-state index in [1.165, 1.54) is 18.1 Å². The molecule has 0 radical (unpaired) electrons. The molecule has 0 bridgehead atoms. The third-order valence-electron chi connectivity index (χ3n) is 10.1. The van der Waals surface area contributed by atoms with Crippen LogP contribution in [0.1, 0.15) is 79.6 Å². The Labute approximate surface area is 173 Å². The van der Waals surface area contributed by atoms with E-state index in [4.69, 9.17) is 9.47 Å². The number of carbonyl (C=O) groups is 2. The van der Waals surface area contributed by atoms with Crippen molar-refractivity contribution < 1.29 is 24.2 Å². The van der Waals surface area contributed by atoms with Gasteiger partial charge in [0.1, 0.15) is 6.10 Å². The van der Waals surface area contributed by atoms with Crippen molar-refractivity contribution in [1.82, 2.24) is 0 Å². The fourth-order valence-electron chi connectivity index (χ4n) is 8.21. The zero-order valence-electron chi connectivity index (χ0n) is 18.3. The molecule has 5 rings (SSSR count). The van der Waals surface area contributed by atoms with Gasteiger partial charge in [-0.2, -0.15) is 0 Å². The first-order chi connectivity index (χ1) is 13.5. The van der Waals surface area contributed by atoms with Crippen molar-refractivity contribution in [1.29, 1.82) is 0 Å². The summed E-state index contributed by atoms with van der Waals surface area (Å²) in [7, 11) is 0. The van der Waals surface area contributed by atoms with E-state index < -0.39 is 11.7 Å². The van der Waals surface area contributed by atoms with E-state index >= 15 is 0 Å². The average Bonchev–Trinajstić information content (AvgIpc) is 3.30. The average molecular weight is 403 g/mol. The second kappa shape index (κ2) is 5.73. The third-order valence-corrected chi connectivity index (χ3v) is 10.1. The third kappa shape index (κ3) is 2.19. The smallest absolute Gasteiger partial charge is 0.302 e. The molecular formula is C24H34O5. The largest absolute Gasteiger partial charge is 0.463 e. The number of Topliss-reactive ketones (excluding diaryl/α,β-unsaturated/α-hetero) is 1. The SMILES string of the molecule is CC(=O)O[C@H]1CC[C@]2(C)[C@H]3CC[C@@]4(C)C(=C3C[C@@H](O)[C@]2(C)C1)C[C@H]1O[C@]14C(C)=O. The number of aliphatic hydroxyl groups is 1. The molecule has 0 amide bonds. The minimum Gasteiger partial charge on any atom is -0.463 e. The molecule has 5 aliphatic rings. The lowest BCUT2D eigenvalue weighted by molar-refractivity contribution is -0.180. The number of fused-ring (bicyclic) bond motifs is 6. The number of ketones is 1. The zero-order valence-corrected chi connectivity index (χ0v) is 18.3. The van der Waals surface area contributed by atoms with Gasteiger partial charge in [0.15, 0.2) is 11.4 Å². The Kier molecular flexibility index (Phi) is 3.90. The van der Waals surface area contributed by atoms with Crippen molar-refractivity contribution in [2.45, 2.75) is 103 Å². The molecule has 5 nitrogen and oxygen atoms in total. The van der Waals surface area contributed by atoms with Crippen molar-refractivity contribution >= 4 is 11.8 Å². The van der Waals surface area contributed by atoms with Gasteiger partial charge in [-0.1, -0.05) is 31.9 Å². The van der Waals surface area contributed by atoms with E-state index in [-0.39, 0.29) is 40.2 Å². The molecule has 3 saturated carbocycles. The van der Waals surface area contributed by atoms with Crippen molar-refractivity contribution in [3.05, 3.63) is 11.1 Å². The Balaban J connectivity index is 1.54. The van der Waals surface area contributed by atoms with Crippen LogP contribution in [-0.2, 0) is 19.1 Å². The molecule has 0 unspecified atom stereocenters. The summed E-state index contributed by atoms with van der Waals surface area (Å²) in [4.78, 5) is 24.0. The first-order valence-electron chi connectivity index (χ1n) is 11.3. The Morgan fingerprint density at radius 1 is 1.07 bits per heavy atom. The summed E-state index contributed by atoms with van der Waals surface area (Å²) in [6.45, 7) is 9.92. The molecule has 5 heteroatoms. The fourth-order valence-corrected chi connectivity index (χ4v) is 8.21. The number of esters is 1. The molecule has 1 N–H and O–H groups in total. The summed E-state index contributed by atoms with van der Waals surface area (Å²) in [6.07, 6.45) is 5.54. The summed E-state index contributed by atoms with van der Waals surface area (Å²) in [5, 5.41) is 11.4. The maximum absolute atomic E-state index is 12.5. The number of rotatable bonds is 2. The van der Waals surface area contributed by atoms with E-state index in [9.17, 15) is 14.7 Å². The molecule has 0 aromatic carbocycles. The van der Waals surface area contributed by atoms with Crippen LogP contribution in [0.5, 0.6) is 0 Å². The Morgan fingerprint density at radius 2 is 1.79 bits per heavy atom. The number of hydrogen-bond donors (Lipinski definition) is 1. The van der Waals surface area contributed by atoms with Crippen molar-refractivity contribution in [3.8, 4) is 0 Å². The number of aliphatic hydroxyl groups excluding tert-OH is 1. The maximum Gasteiger partial charge on any atom is 0.302 e. The number of epoxide rings is 1. The Bertz CT molecular complexity index is 831. The van der Waals surface area contributed by atoms with E-state index in [0.717, 1.165) is 38.5 Å². The lowest BCUT2D eigenvalue weighted by atomic mass is 9.42. The molecule has 1 aliphatic heterocycles. The molecule has 4 aliphatic carbocycles. The van der Waals surface area contributed by atoms with E-state index in [1.54, 1.807) is 6.92 Å². The highest BCUT2D eigenvalue weighted by Gasteiger charge is 2.77. The van der Waals surface area contributed by atoms with Crippen LogP contribution in [0.2, 0.25) is 0 Å². The van der Waals surface area contributed by atoms with E-state index in [2.05, 4.69) is 20.8 Å². The molecule has 0 aromatic rings. The van der Waals surface area contributed by atoms with Gasteiger partial charge < -0.3 is 14.6 Å². The van der Waals surface area contributed by atoms with Gasteiger partial charge in [-0.3, -0.25) is 9.59 Å². The molecule has 29 heavy (non-hydrogen) atoms. The second-order valence-corrected chi connectivity index (χ2v) is 11.1. The van der Waals surface area contributed by atoms with Gasteiger partial charge >= 0.3 is 5.97 Å². The van der Waals surface area contributed by atoms with E-state index in [1.807, 2.05) is 0 Å². The van der Waals surface area contributed by atoms with Gasteiger partial charge in [-0.05, 0) is 63.2 Å². The quantitative estimate of drug-likeness (QED) is 0.433. The molecule has 1 saturated heterocycles. The van der Waals surface area contributed by atoms with Crippen LogP contribution >= 0.6 is 0 Å². The first-order valence-corrected chi connectivity index (χ1v) is 11.3. The summed E-state index contributed by atoms with van der Waals surface area (Å²) in [6, 6.07) is 0. The van der Waals surface area contributed by atoms with Crippen LogP contribution in [0.25, 0.3) is 0 Å². The second-order valence-electron chi connectivity index (χ2n) is 11.1. The number of ether oxygens (including phenoxy) is 2. The molecule has 8 atom stereocenters. The lowest BCUT2D eigenvalue weighted by Crippen LogP contribution is -2.60. The Hall–Kier alpha value is -1.20. The topological polar surface area (TPSA) is 76.1 Å².